The third kappa shape index (κ3) is 3.60. The fourth-order valence-electron chi connectivity index (χ4n) is 2.18. The summed E-state index contributed by atoms with van der Waals surface area (Å²) in [7, 11) is 0. The zero-order valence-electron chi connectivity index (χ0n) is 10.1. The van der Waals surface area contributed by atoms with E-state index in [-0.39, 0.29) is 5.60 Å². The Bertz CT molecular complexity index is 408. The summed E-state index contributed by atoms with van der Waals surface area (Å²) in [5, 5.41) is 4.26. The van der Waals surface area contributed by atoms with Crippen LogP contribution in [-0.2, 0) is 4.74 Å². The topological polar surface area (TPSA) is 21.3 Å². The van der Waals surface area contributed by atoms with Crippen LogP contribution in [-0.4, -0.2) is 18.2 Å². The zero-order chi connectivity index (χ0) is 12.5. The second-order valence-electron chi connectivity index (χ2n) is 5.07. The number of ether oxygens (including phenoxy) is 1. The molecule has 94 valence electrons. The molecule has 0 spiro atoms. The van der Waals surface area contributed by atoms with Crippen molar-refractivity contribution in [2.75, 3.05) is 11.9 Å². The lowest BCUT2D eigenvalue weighted by Crippen LogP contribution is -2.40. The maximum Gasteiger partial charge on any atom is 0.0646 e. The van der Waals surface area contributed by atoms with Crippen LogP contribution in [0.15, 0.2) is 22.7 Å². The second kappa shape index (κ2) is 5.17. The first-order chi connectivity index (χ1) is 7.96. The first kappa shape index (κ1) is 13.2. The highest BCUT2D eigenvalue weighted by molar-refractivity contribution is 9.10. The molecule has 0 saturated carbocycles. The first-order valence-corrected chi connectivity index (χ1v) is 6.99. The van der Waals surface area contributed by atoms with Gasteiger partial charge in [0.1, 0.15) is 0 Å². The molecule has 0 aromatic heterocycles. The molecule has 1 N–H and O–H groups in total. The lowest BCUT2D eigenvalue weighted by atomic mass is 9.94. The Labute approximate surface area is 116 Å². The van der Waals surface area contributed by atoms with Crippen LogP contribution in [0, 0.1) is 0 Å². The van der Waals surface area contributed by atoms with E-state index < -0.39 is 0 Å². The van der Waals surface area contributed by atoms with E-state index >= 15 is 0 Å². The predicted molar refractivity (Wildman–Crippen MR) is 75.8 cm³/mol. The minimum Gasteiger partial charge on any atom is -0.382 e. The van der Waals surface area contributed by atoms with Gasteiger partial charge in [-0.25, -0.2) is 0 Å². The maximum atomic E-state index is 6.08. The average Bonchev–Trinajstić information content (AvgIpc) is 2.22. The lowest BCUT2D eigenvalue weighted by Gasteiger charge is -2.36. The molecule has 17 heavy (non-hydrogen) atoms. The highest BCUT2D eigenvalue weighted by Crippen LogP contribution is 2.29. The van der Waals surface area contributed by atoms with E-state index in [4.69, 9.17) is 16.3 Å². The van der Waals surface area contributed by atoms with Crippen molar-refractivity contribution in [2.45, 2.75) is 38.3 Å². The van der Waals surface area contributed by atoms with Gasteiger partial charge in [-0.05, 0) is 60.8 Å². The molecule has 1 aliphatic rings. The fraction of sp³-hybridized carbons (Fsp3) is 0.538. The SMILES string of the molecule is CC1(C)CC(Nc2ccc(Br)c(Cl)c2)CCO1. The maximum absolute atomic E-state index is 6.08. The molecule has 1 aromatic carbocycles. The van der Waals surface area contributed by atoms with Crippen LogP contribution in [0.25, 0.3) is 0 Å². The average molecular weight is 319 g/mol. The quantitative estimate of drug-likeness (QED) is 0.868. The standard InChI is InChI=1S/C13H17BrClNO/c1-13(2)8-10(5-6-17-13)16-9-3-4-11(14)12(15)7-9/h3-4,7,10,16H,5-6,8H2,1-2H3. The molecule has 1 aliphatic heterocycles. The molecule has 1 saturated heterocycles. The highest BCUT2D eigenvalue weighted by atomic mass is 79.9. The van der Waals surface area contributed by atoms with Crippen molar-refractivity contribution in [1.82, 2.24) is 0 Å². The van der Waals surface area contributed by atoms with Crippen molar-refractivity contribution >= 4 is 33.2 Å². The van der Waals surface area contributed by atoms with Gasteiger partial charge in [0, 0.05) is 22.8 Å². The van der Waals surface area contributed by atoms with Crippen molar-refractivity contribution in [1.29, 1.82) is 0 Å². The summed E-state index contributed by atoms with van der Waals surface area (Å²) in [4.78, 5) is 0. The summed E-state index contributed by atoms with van der Waals surface area (Å²) in [6.07, 6.45) is 2.05. The summed E-state index contributed by atoms with van der Waals surface area (Å²) in [5.41, 5.74) is 1.04. The number of hydrogen-bond acceptors (Lipinski definition) is 2. The van der Waals surface area contributed by atoms with Crippen molar-refractivity contribution < 1.29 is 4.74 Å². The monoisotopic (exact) mass is 317 g/mol. The lowest BCUT2D eigenvalue weighted by molar-refractivity contribution is -0.0553. The van der Waals surface area contributed by atoms with Crippen LogP contribution in [0.2, 0.25) is 5.02 Å². The smallest absolute Gasteiger partial charge is 0.0646 e. The number of nitrogens with one attached hydrogen (secondary N) is 1. The van der Waals surface area contributed by atoms with Gasteiger partial charge in [-0.2, -0.15) is 0 Å². The van der Waals surface area contributed by atoms with Gasteiger partial charge in [-0.15, -0.1) is 0 Å². The van der Waals surface area contributed by atoms with Crippen LogP contribution in [0.1, 0.15) is 26.7 Å². The largest absolute Gasteiger partial charge is 0.382 e. The van der Waals surface area contributed by atoms with Crippen molar-refractivity contribution in [2.24, 2.45) is 0 Å². The van der Waals surface area contributed by atoms with Crippen molar-refractivity contribution in [3.8, 4) is 0 Å². The minimum atomic E-state index is -0.0327. The highest BCUT2D eigenvalue weighted by Gasteiger charge is 2.28. The van der Waals surface area contributed by atoms with Gasteiger partial charge in [0.2, 0.25) is 0 Å². The minimum absolute atomic E-state index is 0.0327. The molecule has 1 fully saturated rings. The van der Waals surface area contributed by atoms with Crippen LogP contribution < -0.4 is 5.32 Å². The Morgan fingerprint density at radius 1 is 1.47 bits per heavy atom. The molecule has 1 atom stereocenters. The molecule has 0 radical (unpaired) electrons. The normalized spacial score (nSPS) is 23.4. The predicted octanol–water partition coefficient (Wildman–Crippen LogP) is 4.47. The summed E-state index contributed by atoms with van der Waals surface area (Å²) in [6, 6.07) is 6.41. The molecule has 1 unspecified atom stereocenters. The summed E-state index contributed by atoms with van der Waals surface area (Å²) >= 11 is 9.47. The van der Waals surface area contributed by atoms with Crippen LogP contribution >= 0.6 is 27.5 Å². The van der Waals surface area contributed by atoms with Gasteiger partial charge in [-0.3, -0.25) is 0 Å². The second-order valence-corrected chi connectivity index (χ2v) is 6.33. The molecular weight excluding hydrogens is 302 g/mol. The number of hydrogen-bond donors (Lipinski definition) is 1. The van der Waals surface area contributed by atoms with Crippen LogP contribution in [0.5, 0.6) is 0 Å². The summed E-state index contributed by atoms with van der Waals surface area (Å²) in [5.74, 6) is 0. The molecule has 1 heterocycles. The molecule has 2 nitrogen and oxygen atoms in total. The zero-order valence-corrected chi connectivity index (χ0v) is 12.4. The van der Waals surface area contributed by atoms with E-state index in [0.717, 1.165) is 34.6 Å². The van der Waals surface area contributed by atoms with Gasteiger partial charge < -0.3 is 10.1 Å². The van der Waals surface area contributed by atoms with E-state index in [1.165, 1.54) is 0 Å². The molecule has 1 aromatic rings. The number of rotatable bonds is 2. The van der Waals surface area contributed by atoms with E-state index in [0.29, 0.717) is 6.04 Å². The Kier molecular flexibility index (Phi) is 4.01. The molecule has 0 aliphatic carbocycles. The van der Waals surface area contributed by atoms with Crippen molar-refractivity contribution in [3.05, 3.63) is 27.7 Å². The number of benzene rings is 1. The Morgan fingerprint density at radius 2 is 2.24 bits per heavy atom. The first-order valence-electron chi connectivity index (χ1n) is 5.82. The Balaban J connectivity index is 2.03. The van der Waals surface area contributed by atoms with Gasteiger partial charge in [0.25, 0.3) is 0 Å². The fourth-order valence-corrected chi connectivity index (χ4v) is 2.60. The summed E-state index contributed by atoms with van der Waals surface area (Å²) in [6.45, 7) is 5.08. The van der Waals surface area contributed by atoms with E-state index in [1.807, 2.05) is 18.2 Å². The van der Waals surface area contributed by atoms with Gasteiger partial charge in [0.15, 0.2) is 0 Å². The van der Waals surface area contributed by atoms with Crippen LogP contribution in [0.3, 0.4) is 0 Å². The molecule has 0 amide bonds. The van der Waals surface area contributed by atoms with E-state index in [9.17, 15) is 0 Å². The Hall–Kier alpha value is -0.250. The molecule has 2 rings (SSSR count). The number of halogens is 2. The van der Waals surface area contributed by atoms with Gasteiger partial charge in [0.05, 0.1) is 10.6 Å². The van der Waals surface area contributed by atoms with Gasteiger partial charge in [-0.1, -0.05) is 11.6 Å². The van der Waals surface area contributed by atoms with Crippen LogP contribution in [0.4, 0.5) is 5.69 Å². The Morgan fingerprint density at radius 3 is 2.88 bits per heavy atom. The number of anilines is 1. The molecule has 4 heteroatoms. The third-order valence-electron chi connectivity index (χ3n) is 2.99. The molecule has 0 bridgehead atoms. The van der Waals surface area contributed by atoms with Crippen molar-refractivity contribution in [3.63, 3.8) is 0 Å². The van der Waals surface area contributed by atoms with E-state index in [1.54, 1.807) is 0 Å². The van der Waals surface area contributed by atoms with E-state index in [2.05, 4.69) is 35.1 Å². The third-order valence-corrected chi connectivity index (χ3v) is 4.22. The summed E-state index contributed by atoms with van der Waals surface area (Å²) < 4.78 is 6.63. The van der Waals surface area contributed by atoms with Gasteiger partial charge >= 0.3 is 0 Å². The molecular formula is C13H17BrClNO.